The van der Waals surface area contributed by atoms with E-state index in [1.165, 1.54) is 0 Å². The number of hydrogen-bond donors (Lipinski definition) is 0. The molecule has 1 nitrogen and oxygen atoms in total. The first-order valence-electron chi connectivity index (χ1n) is 4.14. The fraction of sp³-hybridized carbons (Fsp3) is 0.778. The van der Waals surface area contributed by atoms with Crippen molar-refractivity contribution in [3.8, 4) is 0 Å². The third kappa shape index (κ3) is 7.74. The molecule has 0 aliphatic rings. The molecule has 0 bridgehead atoms. The van der Waals surface area contributed by atoms with Crippen LogP contribution < -0.4 is 0 Å². The minimum atomic E-state index is -1.08. The van der Waals surface area contributed by atoms with Crippen LogP contribution >= 0.6 is 7.80 Å². The summed E-state index contributed by atoms with van der Waals surface area (Å²) in [6.45, 7) is 8.37. The minimum Gasteiger partial charge on any atom is -0.0688 e. The van der Waals surface area contributed by atoms with Crippen molar-refractivity contribution in [3.05, 3.63) is 11.9 Å². The molecule has 0 spiro atoms. The minimum absolute atomic E-state index is 0.515. The van der Waals surface area contributed by atoms with E-state index < -0.39 is 7.80 Å². The first-order valence-corrected chi connectivity index (χ1v) is 5.66. The lowest BCUT2D eigenvalue weighted by molar-refractivity contribution is 0.584. The van der Waals surface area contributed by atoms with Crippen molar-refractivity contribution in [2.24, 2.45) is 11.8 Å². The maximum atomic E-state index is 11.2. The fourth-order valence-electron chi connectivity index (χ4n) is 0.689. The number of allylic oxidation sites excluding steroid dienone is 1. The van der Waals surface area contributed by atoms with Gasteiger partial charge in [-0.15, -0.1) is 0 Å². The van der Waals surface area contributed by atoms with E-state index in [2.05, 4.69) is 27.7 Å². The zero-order chi connectivity index (χ0) is 8.85. The fourth-order valence-corrected chi connectivity index (χ4v) is 2.07. The van der Waals surface area contributed by atoms with E-state index in [0.717, 1.165) is 6.16 Å². The van der Waals surface area contributed by atoms with Crippen LogP contribution in [0.25, 0.3) is 0 Å². The van der Waals surface area contributed by atoms with Crippen LogP contribution in [0.15, 0.2) is 11.9 Å². The predicted octanol–water partition coefficient (Wildman–Crippen LogP) is 3.64. The monoisotopic (exact) mass is 173 g/mol. The molecule has 0 aromatic rings. The molecule has 0 saturated heterocycles. The van der Waals surface area contributed by atoms with E-state index in [9.17, 15) is 4.57 Å². The third-order valence-corrected chi connectivity index (χ3v) is 2.78. The Kier molecular flexibility index (Phi) is 5.41. The van der Waals surface area contributed by atoms with Gasteiger partial charge in [-0.3, -0.25) is 0 Å². The van der Waals surface area contributed by atoms with Gasteiger partial charge in [0, 0.05) is 0 Å². The van der Waals surface area contributed by atoms with Crippen molar-refractivity contribution in [1.29, 1.82) is 0 Å². The molecule has 0 aromatic carbocycles. The van der Waals surface area contributed by atoms with Gasteiger partial charge >= 0.3 is 7.80 Å². The molecule has 0 aliphatic carbocycles. The summed E-state index contributed by atoms with van der Waals surface area (Å²) in [7, 11) is -1.08. The van der Waals surface area contributed by atoms with Crippen LogP contribution in [0.4, 0.5) is 0 Å². The molecule has 0 fully saturated rings. The summed E-state index contributed by atoms with van der Waals surface area (Å²) >= 11 is 0. The Bertz CT molecular complexity index is 148. The van der Waals surface area contributed by atoms with Crippen LogP contribution in [0.1, 0.15) is 27.7 Å². The first-order chi connectivity index (χ1) is 5.02. The largest absolute Gasteiger partial charge is 0.369 e. The van der Waals surface area contributed by atoms with Crippen LogP contribution in [-0.2, 0) is 4.57 Å². The highest BCUT2D eigenvalue weighted by Gasteiger charge is 2.12. The summed E-state index contributed by atoms with van der Waals surface area (Å²) in [5, 5.41) is 0. The third-order valence-electron chi connectivity index (χ3n) is 1.18. The summed E-state index contributed by atoms with van der Waals surface area (Å²) in [4.78, 5) is 0. The molecule has 0 heterocycles. The van der Waals surface area contributed by atoms with E-state index in [1.54, 1.807) is 0 Å². The van der Waals surface area contributed by atoms with Gasteiger partial charge in [0.15, 0.2) is 12.0 Å². The van der Waals surface area contributed by atoms with Crippen molar-refractivity contribution in [1.82, 2.24) is 0 Å². The molecule has 0 aromatic heterocycles. The van der Waals surface area contributed by atoms with E-state index >= 15 is 0 Å². The Morgan fingerprint density at radius 1 is 1.27 bits per heavy atom. The lowest BCUT2D eigenvalue weighted by atomic mass is 10.2. The van der Waals surface area contributed by atoms with Gasteiger partial charge < -0.3 is 0 Å². The second-order valence-corrected chi connectivity index (χ2v) is 5.08. The topological polar surface area (TPSA) is 17.1 Å². The van der Waals surface area contributed by atoms with Crippen LogP contribution in [0.2, 0.25) is 0 Å². The van der Waals surface area contributed by atoms with Gasteiger partial charge in [0.05, 0.1) is 0 Å². The summed E-state index contributed by atoms with van der Waals surface area (Å²) in [5.41, 5.74) is 0. The van der Waals surface area contributed by atoms with Crippen LogP contribution in [-0.4, -0.2) is 6.16 Å². The van der Waals surface area contributed by atoms with Crippen LogP contribution in [0.3, 0.4) is 0 Å². The molecule has 2 heteroatoms. The standard InChI is InChI=1S/C9H18OP/c1-8(2)5-6-11(10)7-9(3)4/h5-6,8-9H,7H2,1-4H3/q+1/b6-5+. The molecule has 0 N–H and O–H groups in total. The average molecular weight is 173 g/mol. The summed E-state index contributed by atoms with van der Waals surface area (Å²) in [5.74, 6) is 2.90. The summed E-state index contributed by atoms with van der Waals surface area (Å²) in [6.07, 6.45) is 2.83. The van der Waals surface area contributed by atoms with Gasteiger partial charge in [-0.05, 0) is 17.9 Å². The summed E-state index contributed by atoms with van der Waals surface area (Å²) in [6, 6.07) is 0. The normalized spacial score (nSPS) is 13.5. The highest BCUT2D eigenvalue weighted by molar-refractivity contribution is 7.48. The molecular formula is C9H18OP+. The SMILES string of the molecule is CC(C)/C=C/[P+](=O)CC(C)C. The second kappa shape index (κ2) is 5.49. The van der Waals surface area contributed by atoms with Crippen molar-refractivity contribution >= 4 is 7.80 Å². The van der Waals surface area contributed by atoms with E-state index in [-0.39, 0.29) is 0 Å². The Morgan fingerprint density at radius 3 is 2.18 bits per heavy atom. The lowest BCUT2D eigenvalue weighted by Gasteiger charge is -1.90. The van der Waals surface area contributed by atoms with Crippen molar-refractivity contribution in [2.45, 2.75) is 27.7 Å². The van der Waals surface area contributed by atoms with Gasteiger partial charge in [0.1, 0.15) is 0 Å². The maximum absolute atomic E-state index is 11.2. The molecule has 0 saturated carbocycles. The predicted molar refractivity (Wildman–Crippen MR) is 51.3 cm³/mol. The molecule has 0 amide bonds. The molecule has 1 atom stereocenters. The summed E-state index contributed by atoms with van der Waals surface area (Å²) < 4.78 is 11.2. The molecule has 0 rings (SSSR count). The van der Waals surface area contributed by atoms with E-state index in [1.807, 2.05) is 11.9 Å². The van der Waals surface area contributed by atoms with Crippen molar-refractivity contribution in [2.75, 3.05) is 6.16 Å². The van der Waals surface area contributed by atoms with Crippen LogP contribution in [0.5, 0.6) is 0 Å². The van der Waals surface area contributed by atoms with E-state index in [0.29, 0.717) is 11.8 Å². The number of rotatable bonds is 4. The lowest BCUT2D eigenvalue weighted by Crippen LogP contribution is -1.88. The highest BCUT2D eigenvalue weighted by Crippen LogP contribution is 2.25. The van der Waals surface area contributed by atoms with Crippen molar-refractivity contribution in [3.63, 3.8) is 0 Å². The van der Waals surface area contributed by atoms with Crippen LogP contribution in [0, 0.1) is 11.8 Å². The average Bonchev–Trinajstić information content (AvgIpc) is 1.82. The number of hydrogen-bond acceptors (Lipinski definition) is 1. The Morgan fingerprint density at radius 2 is 1.82 bits per heavy atom. The quantitative estimate of drug-likeness (QED) is 0.593. The Labute approximate surface area is 70.7 Å². The molecule has 1 unspecified atom stereocenters. The van der Waals surface area contributed by atoms with Gasteiger partial charge in [-0.1, -0.05) is 32.3 Å². The molecule has 0 aliphatic heterocycles. The van der Waals surface area contributed by atoms with Gasteiger partial charge in [0.2, 0.25) is 0 Å². The molecule has 0 radical (unpaired) electrons. The van der Waals surface area contributed by atoms with Gasteiger partial charge in [-0.2, -0.15) is 0 Å². The zero-order valence-corrected chi connectivity index (χ0v) is 8.77. The van der Waals surface area contributed by atoms with Crippen molar-refractivity contribution < 1.29 is 4.57 Å². The smallest absolute Gasteiger partial charge is 0.0688 e. The zero-order valence-electron chi connectivity index (χ0n) is 7.87. The second-order valence-electron chi connectivity index (χ2n) is 3.58. The highest BCUT2D eigenvalue weighted by atomic mass is 31.1. The molecule has 11 heavy (non-hydrogen) atoms. The van der Waals surface area contributed by atoms with Gasteiger partial charge in [-0.25, -0.2) is 0 Å². The molecular weight excluding hydrogens is 155 g/mol. The van der Waals surface area contributed by atoms with Gasteiger partial charge in [0.25, 0.3) is 0 Å². The van der Waals surface area contributed by atoms with E-state index in [4.69, 9.17) is 0 Å². The maximum Gasteiger partial charge on any atom is 0.369 e. The molecule has 64 valence electrons. The Hall–Kier alpha value is -0.160. The first kappa shape index (κ1) is 10.8. The Balaban J connectivity index is 3.69.